The maximum Gasteiger partial charge on any atom is 0.410 e. The van der Waals surface area contributed by atoms with Crippen LogP contribution in [-0.2, 0) is 14.3 Å². The summed E-state index contributed by atoms with van der Waals surface area (Å²) < 4.78 is 9.88. The molecule has 1 rings (SSSR count). The summed E-state index contributed by atoms with van der Waals surface area (Å²) in [4.78, 5) is 24.1. The lowest BCUT2D eigenvalue weighted by atomic mass is 10.0. The van der Waals surface area contributed by atoms with Gasteiger partial charge in [-0.1, -0.05) is 5.92 Å². The summed E-state index contributed by atoms with van der Waals surface area (Å²) in [5.74, 6) is 4.69. The number of ether oxygens (including phenoxy) is 2. The van der Waals surface area contributed by atoms with Crippen molar-refractivity contribution < 1.29 is 19.1 Å². The largest absolute Gasteiger partial charge is 0.456 e. The first-order valence-corrected chi connectivity index (χ1v) is 5.98. The number of carbonyl (C=O) groups is 2. The highest BCUT2D eigenvalue weighted by Gasteiger charge is 2.32. The highest BCUT2D eigenvalue weighted by atomic mass is 16.6. The molecular weight excluding hydrogens is 234 g/mol. The van der Waals surface area contributed by atoms with Gasteiger partial charge in [-0.25, -0.2) is 9.59 Å². The van der Waals surface area contributed by atoms with Gasteiger partial charge in [0.15, 0.2) is 0 Å². The van der Waals surface area contributed by atoms with Crippen molar-refractivity contribution in [3.05, 3.63) is 0 Å². The van der Waals surface area contributed by atoms with Gasteiger partial charge in [-0.2, -0.15) is 0 Å². The van der Waals surface area contributed by atoms with E-state index in [1.807, 2.05) is 20.8 Å². The maximum absolute atomic E-state index is 11.6. The highest BCUT2D eigenvalue weighted by molar-refractivity contribution is 5.88. The Kier molecular flexibility index (Phi) is 4.60. The van der Waals surface area contributed by atoms with Crippen LogP contribution in [-0.4, -0.2) is 42.3 Å². The minimum absolute atomic E-state index is 0.0296. The molecule has 18 heavy (non-hydrogen) atoms. The number of rotatable bonds is 1. The van der Waals surface area contributed by atoms with Crippen LogP contribution in [0, 0.1) is 17.8 Å². The fraction of sp³-hybridized carbons (Fsp3) is 0.692. The summed E-state index contributed by atoms with van der Waals surface area (Å²) in [6.45, 7) is 8.52. The second-order valence-electron chi connectivity index (χ2n) is 5.07. The third-order valence-electron chi connectivity index (χ3n) is 2.19. The van der Waals surface area contributed by atoms with Gasteiger partial charge < -0.3 is 14.4 Å². The molecule has 0 bridgehead atoms. The second kappa shape index (κ2) is 5.76. The molecule has 1 fully saturated rings. The minimum Gasteiger partial charge on any atom is -0.456 e. The Morgan fingerprint density at radius 1 is 1.33 bits per heavy atom. The summed E-state index contributed by atoms with van der Waals surface area (Å²) in [5.41, 5.74) is -0.487. The smallest absolute Gasteiger partial charge is 0.410 e. The van der Waals surface area contributed by atoms with Gasteiger partial charge in [-0.15, -0.1) is 0 Å². The van der Waals surface area contributed by atoms with Crippen LogP contribution < -0.4 is 0 Å². The van der Waals surface area contributed by atoms with Gasteiger partial charge in [0.25, 0.3) is 0 Å². The van der Waals surface area contributed by atoms with Crippen molar-refractivity contribution in [3.63, 3.8) is 0 Å². The lowest BCUT2D eigenvalue weighted by Crippen LogP contribution is -2.51. The van der Waals surface area contributed by atoms with E-state index in [4.69, 9.17) is 4.74 Å². The molecule has 0 radical (unpaired) electrons. The molecule has 5 heteroatoms. The lowest BCUT2D eigenvalue weighted by molar-refractivity contribution is -0.136. The summed E-state index contributed by atoms with van der Waals surface area (Å²) in [5, 5.41) is 0. The van der Waals surface area contributed by atoms with E-state index < -0.39 is 11.6 Å². The van der Waals surface area contributed by atoms with Crippen LogP contribution in [0.25, 0.3) is 0 Å². The van der Waals surface area contributed by atoms with Gasteiger partial charge in [-0.3, -0.25) is 0 Å². The van der Waals surface area contributed by atoms with E-state index in [0.717, 1.165) is 0 Å². The zero-order chi connectivity index (χ0) is 13.8. The van der Waals surface area contributed by atoms with Crippen LogP contribution in [0.1, 0.15) is 27.7 Å². The third-order valence-corrected chi connectivity index (χ3v) is 2.19. The Morgan fingerprint density at radius 3 is 2.44 bits per heavy atom. The summed E-state index contributed by atoms with van der Waals surface area (Å²) in [6, 6.07) is 0. The standard InChI is InChI=1S/C13H19NO4/c1-5-17-11(15)7-6-10-8-14(9-10)12(16)18-13(2,3)4/h10H,5,8-9H2,1-4H3. The molecule has 0 spiro atoms. The number of nitrogens with zero attached hydrogens (tertiary/aromatic N) is 1. The van der Waals surface area contributed by atoms with Gasteiger partial charge in [-0.05, 0) is 27.7 Å². The van der Waals surface area contributed by atoms with Crippen molar-refractivity contribution in [2.45, 2.75) is 33.3 Å². The Balaban J connectivity index is 2.32. The first-order valence-electron chi connectivity index (χ1n) is 5.98. The molecule has 0 N–H and O–H groups in total. The van der Waals surface area contributed by atoms with Gasteiger partial charge in [0, 0.05) is 19.0 Å². The molecular formula is C13H19NO4. The van der Waals surface area contributed by atoms with Crippen LogP contribution in [0.4, 0.5) is 4.79 Å². The lowest BCUT2D eigenvalue weighted by Gasteiger charge is -2.37. The van der Waals surface area contributed by atoms with Crippen molar-refractivity contribution in [3.8, 4) is 11.8 Å². The molecule has 0 atom stereocenters. The normalized spacial score (nSPS) is 15.2. The molecule has 1 saturated heterocycles. The summed E-state index contributed by atoms with van der Waals surface area (Å²) in [6.07, 6.45) is -0.336. The van der Waals surface area contributed by atoms with Crippen molar-refractivity contribution in [1.29, 1.82) is 0 Å². The molecule has 1 aliphatic rings. The average molecular weight is 253 g/mol. The minimum atomic E-state index is -0.520. The zero-order valence-electron chi connectivity index (χ0n) is 11.3. The first kappa shape index (κ1) is 14.4. The SMILES string of the molecule is CCOC(=O)C#CC1CN(C(=O)OC(C)(C)C)C1. The van der Waals surface area contributed by atoms with Crippen LogP contribution in [0.15, 0.2) is 0 Å². The molecule has 1 amide bonds. The Hall–Kier alpha value is -1.70. The van der Waals surface area contributed by atoms with E-state index in [0.29, 0.717) is 19.7 Å². The van der Waals surface area contributed by atoms with E-state index in [1.165, 1.54) is 0 Å². The van der Waals surface area contributed by atoms with E-state index in [-0.39, 0.29) is 12.0 Å². The monoisotopic (exact) mass is 253 g/mol. The van der Waals surface area contributed by atoms with Gasteiger partial charge in [0.1, 0.15) is 5.60 Å². The predicted molar refractivity (Wildman–Crippen MR) is 65.7 cm³/mol. The molecule has 0 aromatic rings. The van der Waals surface area contributed by atoms with E-state index in [1.54, 1.807) is 11.8 Å². The molecule has 0 aromatic carbocycles. The fourth-order valence-electron chi connectivity index (χ4n) is 1.37. The number of hydrogen-bond donors (Lipinski definition) is 0. The second-order valence-corrected chi connectivity index (χ2v) is 5.07. The average Bonchev–Trinajstić information content (AvgIpc) is 2.12. The summed E-state index contributed by atoms with van der Waals surface area (Å²) in [7, 11) is 0. The number of carbonyl (C=O) groups excluding carboxylic acids is 2. The van der Waals surface area contributed by atoms with Gasteiger partial charge in [0.2, 0.25) is 0 Å². The van der Waals surface area contributed by atoms with E-state index in [9.17, 15) is 9.59 Å². The van der Waals surface area contributed by atoms with Crippen molar-refractivity contribution in [2.24, 2.45) is 5.92 Å². The van der Waals surface area contributed by atoms with Crippen LogP contribution in [0.5, 0.6) is 0 Å². The number of hydrogen-bond acceptors (Lipinski definition) is 4. The van der Waals surface area contributed by atoms with E-state index >= 15 is 0 Å². The molecule has 5 nitrogen and oxygen atoms in total. The number of esters is 1. The molecule has 1 heterocycles. The Morgan fingerprint density at radius 2 is 1.94 bits per heavy atom. The van der Waals surface area contributed by atoms with Crippen LogP contribution >= 0.6 is 0 Å². The quantitative estimate of drug-likeness (QED) is 0.403. The topological polar surface area (TPSA) is 55.8 Å². The molecule has 0 aromatic heterocycles. The molecule has 0 unspecified atom stereocenters. The van der Waals surface area contributed by atoms with Gasteiger partial charge >= 0.3 is 12.1 Å². The van der Waals surface area contributed by atoms with Crippen LogP contribution in [0.2, 0.25) is 0 Å². The van der Waals surface area contributed by atoms with E-state index in [2.05, 4.69) is 16.6 Å². The van der Waals surface area contributed by atoms with Crippen molar-refractivity contribution >= 4 is 12.1 Å². The molecule has 100 valence electrons. The Labute approximate surface area is 107 Å². The van der Waals surface area contributed by atoms with Crippen molar-refractivity contribution in [2.75, 3.05) is 19.7 Å². The number of amides is 1. The van der Waals surface area contributed by atoms with Crippen LogP contribution in [0.3, 0.4) is 0 Å². The Bertz CT molecular complexity index is 380. The van der Waals surface area contributed by atoms with Crippen molar-refractivity contribution in [1.82, 2.24) is 4.90 Å². The molecule has 0 aliphatic carbocycles. The molecule has 1 aliphatic heterocycles. The predicted octanol–water partition coefficient (Wildman–Crippen LogP) is 1.42. The number of likely N-dealkylation sites (tertiary alicyclic amines) is 1. The highest BCUT2D eigenvalue weighted by Crippen LogP contribution is 2.18. The van der Waals surface area contributed by atoms with Gasteiger partial charge in [0.05, 0.1) is 12.5 Å². The first-order chi connectivity index (χ1) is 8.31. The zero-order valence-corrected chi connectivity index (χ0v) is 11.3. The third kappa shape index (κ3) is 4.66. The summed E-state index contributed by atoms with van der Waals surface area (Å²) >= 11 is 0. The fourth-order valence-corrected chi connectivity index (χ4v) is 1.37. The maximum atomic E-state index is 11.6. The molecule has 0 saturated carbocycles.